The Hall–Kier alpha value is -2.51. The van der Waals surface area contributed by atoms with Gasteiger partial charge in [0.05, 0.1) is 12.1 Å². The average Bonchev–Trinajstić information content (AvgIpc) is 2.72. The van der Waals surface area contributed by atoms with E-state index < -0.39 is 6.04 Å². The zero-order valence-electron chi connectivity index (χ0n) is 18.5. The molecule has 0 aromatic heterocycles. The van der Waals surface area contributed by atoms with Gasteiger partial charge in [-0.3, -0.25) is 0 Å². The van der Waals surface area contributed by atoms with E-state index in [4.69, 9.17) is 11.0 Å². The predicted octanol–water partition coefficient (Wildman–Crippen LogP) is 6.16. The summed E-state index contributed by atoms with van der Waals surface area (Å²) in [5.41, 5.74) is 9.41. The van der Waals surface area contributed by atoms with Crippen molar-refractivity contribution in [1.29, 1.82) is 5.26 Å². The van der Waals surface area contributed by atoms with Crippen LogP contribution in [-0.2, 0) is 17.6 Å². The molecule has 1 unspecified atom stereocenters. The standard InChI is InChI=1S/C18H17FN2O.C5H12.C2H6/c1-12-8-15(4-3-14(12)6-7-22)17-5-2-13(10-18(17)19)9-16(21)11-20;1-3-5-4-2;1-2/h2-5,7-8,10,16H,6,9,21H2,1H3;3-5H2,1-2H3;1-2H3. The van der Waals surface area contributed by atoms with Crippen LogP contribution in [0.25, 0.3) is 11.1 Å². The second kappa shape index (κ2) is 15.4. The topological polar surface area (TPSA) is 66.9 Å². The third kappa shape index (κ3) is 9.49. The molecule has 2 aromatic rings. The zero-order chi connectivity index (χ0) is 22.2. The summed E-state index contributed by atoms with van der Waals surface area (Å²) in [6.45, 7) is 10.3. The summed E-state index contributed by atoms with van der Waals surface area (Å²) in [6, 6.07) is 11.7. The largest absolute Gasteiger partial charge is 0.316 e. The zero-order valence-corrected chi connectivity index (χ0v) is 18.5. The molecule has 0 bridgehead atoms. The van der Waals surface area contributed by atoms with E-state index >= 15 is 0 Å². The molecule has 1 atom stereocenters. The number of aryl methyl sites for hydroxylation is 1. The first kappa shape index (κ1) is 26.5. The first-order valence-electron chi connectivity index (χ1n) is 10.4. The quantitative estimate of drug-likeness (QED) is 0.568. The van der Waals surface area contributed by atoms with Crippen molar-refractivity contribution in [2.45, 2.75) is 72.8 Å². The minimum Gasteiger partial charge on any atom is -0.316 e. The van der Waals surface area contributed by atoms with Gasteiger partial charge in [-0.1, -0.05) is 77.3 Å². The van der Waals surface area contributed by atoms with Crippen LogP contribution in [0.15, 0.2) is 36.4 Å². The molecule has 0 saturated heterocycles. The molecule has 0 amide bonds. The maximum Gasteiger partial charge on any atom is 0.131 e. The van der Waals surface area contributed by atoms with Crippen molar-refractivity contribution in [3.05, 3.63) is 58.9 Å². The number of hydrogen-bond acceptors (Lipinski definition) is 3. The molecule has 0 spiro atoms. The molecule has 2 aromatic carbocycles. The lowest BCUT2D eigenvalue weighted by Crippen LogP contribution is -2.20. The van der Waals surface area contributed by atoms with Crippen LogP contribution >= 0.6 is 0 Å². The second-order valence-corrected chi connectivity index (χ2v) is 6.62. The lowest BCUT2D eigenvalue weighted by molar-refractivity contribution is -0.107. The highest BCUT2D eigenvalue weighted by molar-refractivity contribution is 5.67. The molecule has 2 N–H and O–H groups in total. The number of carbonyl (C=O) groups excluding carboxylic acids is 1. The molecule has 0 aliphatic carbocycles. The van der Waals surface area contributed by atoms with Crippen molar-refractivity contribution in [1.82, 2.24) is 0 Å². The number of benzene rings is 2. The SMILES string of the molecule is CC.CCCCC.Cc1cc(-c2ccc(CC(N)C#N)cc2F)ccc1CC=O. The first-order chi connectivity index (χ1) is 14.0. The number of halogens is 1. The van der Waals surface area contributed by atoms with Gasteiger partial charge >= 0.3 is 0 Å². The number of rotatable bonds is 7. The minimum atomic E-state index is -0.630. The number of unbranched alkanes of at least 4 members (excludes halogenated alkanes) is 2. The van der Waals surface area contributed by atoms with Crippen LogP contribution in [-0.4, -0.2) is 12.3 Å². The van der Waals surface area contributed by atoms with E-state index in [1.54, 1.807) is 12.1 Å². The Balaban J connectivity index is 0.000000977. The highest BCUT2D eigenvalue weighted by Gasteiger charge is 2.10. The third-order valence-electron chi connectivity index (χ3n) is 4.32. The van der Waals surface area contributed by atoms with Crippen molar-refractivity contribution in [2.75, 3.05) is 0 Å². The van der Waals surface area contributed by atoms with Gasteiger partial charge in [0.25, 0.3) is 0 Å². The predicted molar refractivity (Wildman–Crippen MR) is 120 cm³/mol. The highest BCUT2D eigenvalue weighted by atomic mass is 19.1. The molecular weight excluding hydrogens is 363 g/mol. The van der Waals surface area contributed by atoms with Crippen LogP contribution in [0.3, 0.4) is 0 Å². The van der Waals surface area contributed by atoms with Crippen LogP contribution in [0.5, 0.6) is 0 Å². The summed E-state index contributed by atoms with van der Waals surface area (Å²) < 4.78 is 14.3. The van der Waals surface area contributed by atoms with Crippen molar-refractivity contribution in [2.24, 2.45) is 5.73 Å². The summed E-state index contributed by atoms with van der Waals surface area (Å²) in [7, 11) is 0. The minimum absolute atomic E-state index is 0.324. The molecular formula is C25H35FN2O. The lowest BCUT2D eigenvalue weighted by atomic mass is 9.96. The van der Waals surface area contributed by atoms with Crippen molar-refractivity contribution >= 4 is 6.29 Å². The Morgan fingerprint density at radius 1 is 1.14 bits per heavy atom. The van der Waals surface area contributed by atoms with Gasteiger partial charge in [-0.05, 0) is 35.2 Å². The molecule has 2 rings (SSSR count). The lowest BCUT2D eigenvalue weighted by Gasteiger charge is -2.10. The number of carbonyl (C=O) groups is 1. The first-order valence-corrected chi connectivity index (χ1v) is 10.4. The van der Waals surface area contributed by atoms with Crippen molar-refractivity contribution in [3.63, 3.8) is 0 Å². The summed E-state index contributed by atoms with van der Waals surface area (Å²) in [6.07, 6.45) is 5.62. The van der Waals surface area contributed by atoms with E-state index in [0.29, 0.717) is 24.0 Å². The molecule has 3 nitrogen and oxygen atoms in total. The van der Waals surface area contributed by atoms with Crippen LogP contribution in [0.4, 0.5) is 4.39 Å². The Morgan fingerprint density at radius 3 is 2.24 bits per heavy atom. The maximum atomic E-state index is 14.3. The molecule has 158 valence electrons. The number of aldehydes is 1. The number of nitrogens with two attached hydrogens (primary N) is 1. The van der Waals surface area contributed by atoms with Crippen molar-refractivity contribution in [3.8, 4) is 17.2 Å². The molecule has 0 aliphatic rings. The van der Waals surface area contributed by atoms with E-state index in [2.05, 4.69) is 13.8 Å². The second-order valence-electron chi connectivity index (χ2n) is 6.62. The number of nitriles is 1. The summed E-state index contributed by atoms with van der Waals surface area (Å²) in [4.78, 5) is 10.6. The molecule has 0 radical (unpaired) electrons. The van der Waals surface area contributed by atoms with Gasteiger partial charge < -0.3 is 10.5 Å². The fraction of sp³-hybridized carbons (Fsp3) is 0.440. The van der Waals surface area contributed by atoms with E-state index in [0.717, 1.165) is 23.0 Å². The van der Waals surface area contributed by atoms with E-state index in [9.17, 15) is 9.18 Å². The Morgan fingerprint density at radius 2 is 1.79 bits per heavy atom. The van der Waals surface area contributed by atoms with Gasteiger partial charge in [0.15, 0.2) is 0 Å². The molecule has 0 fully saturated rings. The fourth-order valence-corrected chi connectivity index (χ4v) is 2.76. The van der Waals surface area contributed by atoms with E-state index in [1.165, 1.54) is 25.3 Å². The third-order valence-corrected chi connectivity index (χ3v) is 4.32. The van der Waals surface area contributed by atoms with Crippen LogP contribution < -0.4 is 5.73 Å². The summed E-state index contributed by atoms with van der Waals surface area (Å²) in [5.74, 6) is -0.342. The summed E-state index contributed by atoms with van der Waals surface area (Å²) in [5, 5.41) is 8.70. The van der Waals surface area contributed by atoms with Crippen LogP contribution in [0, 0.1) is 24.1 Å². The maximum absolute atomic E-state index is 14.3. The monoisotopic (exact) mass is 398 g/mol. The molecule has 0 heterocycles. The van der Waals surface area contributed by atoms with Crippen LogP contribution in [0.2, 0.25) is 0 Å². The Kier molecular flexibility index (Phi) is 14.1. The van der Waals surface area contributed by atoms with Gasteiger partial charge in [0.1, 0.15) is 12.1 Å². The number of hydrogen-bond donors (Lipinski definition) is 1. The van der Waals surface area contributed by atoms with Gasteiger partial charge in [0, 0.05) is 18.4 Å². The molecule has 0 aliphatic heterocycles. The molecule has 29 heavy (non-hydrogen) atoms. The Labute approximate surface area is 175 Å². The average molecular weight is 399 g/mol. The van der Waals surface area contributed by atoms with Gasteiger partial charge in [0.2, 0.25) is 0 Å². The van der Waals surface area contributed by atoms with Crippen molar-refractivity contribution < 1.29 is 9.18 Å². The van der Waals surface area contributed by atoms with E-state index in [-0.39, 0.29) is 5.82 Å². The normalized spacial score (nSPS) is 10.6. The molecule has 0 saturated carbocycles. The van der Waals surface area contributed by atoms with Gasteiger partial charge in [-0.25, -0.2) is 4.39 Å². The number of nitrogens with zero attached hydrogens (tertiary/aromatic N) is 1. The summed E-state index contributed by atoms with van der Waals surface area (Å²) >= 11 is 0. The highest BCUT2D eigenvalue weighted by Crippen LogP contribution is 2.26. The Bertz CT molecular complexity index is 779. The fourth-order valence-electron chi connectivity index (χ4n) is 2.76. The van der Waals surface area contributed by atoms with Gasteiger partial charge in [-0.15, -0.1) is 0 Å². The smallest absolute Gasteiger partial charge is 0.131 e. The van der Waals surface area contributed by atoms with E-state index in [1.807, 2.05) is 45.0 Å². The van der Waals surface area contributed by atoms with Gasteiger partial charge in [-0.2, -0.15) is 5.26 Å². The van der Waals surface area contributed by atoms with Crippen LogP contribution in [0.1, 0.15) is 63.6 Å². The molecule has 4 heteroatoms.